The van der Waals surface area contributed by atoms with Crippen molar-refractivity contribution in [3.05, 3.63) is 40.1 Å². The molecule has 0 radical (unpaired) electrons. The van der Waals surface area contributed by atoms with Crippen LogP contribution in [0.3, 0.4) is 0 Å². The summed E-state index contributed by atoms with van der Waals surface area (Å²) in [5, 5.41) is 11.9. The Bertz CT molecular complexity index is 762. The van der Waals surface area contributed by atoms with E-state index in [1.807, 2.05) is 37.3 Å². The van der Waals surface area contributed by atoms with Crippen molar-refractivity contribution in [2.75, 3.05) is 13.7 Å². The molecular formula is C19H23NO4S. The molecule has 5 nitrogen and oxygen atoms in total. The Morgan fingerprint density at radius 1 is 1.24 bits per heavy atom. The SMILES string of the molecule is COc1ccc(-c2cc(C(=O)NCCC(C)(C)C(=O)O)sc2C)cc1. The summed E-state index contributed by atoms with van der Waals surface area (Å²) in [5.41, 5.74) is 1.19. The van der Waals surface area contributed by atoms with Crippen molar-refractivity contribution in [2.45, 2.75) is 27.2 Å². The van der Waals surface area contributed by atoms with Gasteiger partial charge in [-0.25, -0.2) is 0 Å². The number of hydrogen-bond donors (Lipinski definition) is 2. The molecule has 0 fully saturated rings. The zero-order chi connectivity index (χ0) is 18.6. The number of ether oxygens (including phenoxy) is 1. The fraction of sp³-hybridized carbons (Fsp3) is 0.368. The van der Waals surface area contributed by atoms with E-state index >= 15 is 0 Å². The van der Waals surface area contributed by atoms with E-state index < -0.39 is 11.4 Å². The van der Waals surface area contributed by atoms with Gasteiger partial charge in [-0.15, -0.1) is 11.3 Å². The van der Waals surface area contributed by atoms with Crippen LogP contribution in [-0.4, -0.2) is 30.6 Å². The first-order chi connectivity index (χ1) is 11.7. The lowest BCUT2D eigenvalue weighted by atomic mass is 9.90. The lowest BCUT2D eigenvalue weighted by Crippen LogP contribution is -2.31. The maximum atomic E-state index is 12.3. The zero-order valence-electron chi connectivity index (χ0n) is 14.9. The number of hydrogen-bond acceptors (Lipinski definition) is 4. The van der Waals surface area contributed by atoms with Gasteiger partial charge in [-0.05, 0) is 56.5 Å². The van der Waals surface area contributed by atoms with Crippen molar-refractivity contribution in [2.24, 2.45) is 5.41 Å². The van der Waals surface area contributed by atoms with Crippen molar-refractivity contribution in [1.82, 2.24) is 5.32 Å². The van der Waals surface area contributed by atoms with Crippen molar-refractivity contribution < 1.29 is 19.4 Å². The summed E-state index contributed by atoms with van der Waals surface area (Å²) in [5.74, 6) is -0.250. The zero-order valence-corrected chi connectivity index (χ0v) is 15.7. The molecule has 2 aromatic rings. The summed E-state index contributed by atoms with van der Waals surface area (Å²) >= 11 is 1.43. The summed E-state index contributed by atoms with van der Waals surface area (Å²) in [4.78, 5) is 25.1. The summed E-state index contributed by atoms with van der Waals surface area (Å²) in [7, 11) is 1.62. The maximum absolute atomic E-state index is 12.3. The standard InChI is InChI=1S/C19H23NO4S/c1-12-15(13-5-7-14(24-4)8-6-13)11-16(25-12)17(21)20-10-9-19(2,3)18(22)23/h5-8,11H,9-10H2,1-4H3,(H,20,21)(H,22,23). The molecule has 2 N–H and O–H groups in total. The van der Waals surface area contributed by atoms with E-state index in [1.54, 1.807) is 21.0 Å². The van der Waals surface area contributed by atoms with Crippen LogP contribution in [0, 0.1) is 12.3 Å². The summed E-state index contributed by atoms with van der Waals surface area (Å²) < 4.78 is 5.16. The van der Waals surface area contributed by atoms with Crippen LogP contribution in [-0.2, 0) is 4.79 Å². The summed E-state index contributed by atoms with van der Waals surface area (Å²) in [6, 6.07) is 9.58. The molecule has 1 aromatic heterocycles. The Morgan fingerprint density at radius 3 is 2.44 bits per heavy atom. The van der Waals surface area contributed by atoms with Crippen LogP contribution < -0.4 is 10.1 Å². The summed E-state index contributed by atoms with van der Waals surface area (Å²) in [6.45, 7) is 5.61. The number of rotatable bonds is 7. The average Bonchev–Trinajstić information content (AvgIpc) is 2.96. The molecule has 6 heteroatoms. The molecule has 1 amide bonds. The van der Waals surface area contributed by atoms with Gasteiger partial charge >= 0.3 is 5.97 Å². The first kappa shape index (κ1) is 19.0. The van der Waals surface area contributed by atoms with Gasteiger partial charge in [0.15, 0.2) is 0 Å². The normalized spacial score (nSPS) is 11.2. The molecule has 25 heavy (non-hydrogen) atoms. The predicted molar refractivity (Wildman–Crippen MR) is 99.4 cm³/mol. The smallest absolute Gasteiger partial charge is 0.309 e. The minimum Gasteiger partial charge on any atom is -0.497 e. The predicted octanol–water partition coefficient (Wildman–Crippen LogP) is 3.96. The number of carboxylic acid groups (broad SMARTS) is 1. The quantitative estimate of drug-likeness (QED) is 0.783. The first-order valence-corrected chi connectivity index (χ1v) is 8.82. The number of methoxy groups -OCH3 is 1. The number of benzene rings is 1. The fourth-order valence-corrected chi connectivity index (χ4v) is 3.29. The second kappa shape index (κ2) is 7.70. The van der Waals surface area contributed by atoms with Crippen LogP contribution in [0.5, 0.6) is 5.75 Å². The second-order valence-corrected chi connectivity index (χ2v) is 7.76. The van der Waals surface area contributed by atoms with E-state index in [-0.39, 0.29) is 5.91 Å². The highest BCUT2D eigenvalue weighted by atomic mass is 32.1. The van der Waals surface area contributed by atoms with Gasteiger partial charge in [0, 0.05) is 11.4 Å². The second-order valence-electron chi connectivity index (χ2n) is 6.50. The lowest BCUT2D eigenvalue weighted by Gasteiger charge is -2.18. The molecule has 0 spiro atoms. The van der Waals surface area contributed by atoms with Crippen LogP contribution in [0.1, 0.15) is 34.8 Å². The van der Waals surface area contributed by atoms with E-state index in [2.05, 4.69) is 5.32 Å². The summed E-state index contributed by atoms with van der Waals surface area (Å²) in [6.07, 6.45) is 0.379. The van der Waals surface area contributed by atoms with Gasteiger partial charge in [0.05, 0.1) is 17.4 Å². The molecular weight excluding hydrogens is 338 g/mol. The maximum Gasteiger partial charge on any atom is 0.309 e. The Morgan fingerprint density at radius 2 is 1.88 bits per heavy atom. The number of aliphatic carboxylic acids is 1. The number of amides is 1. The van der Waals surface area contributed by atoms with Crippen LogP contribution in [0.15, 0.2) is 30.3 Å². The van der Waals surface area contributed by atoms with Crippen molar-refractivity contribution in [3.63, 3.8) is 0 Å². The van der Waals surface area contributed by atoms with E-state index in [1.165, 1.54) is 11.3 Å². The molecule has 0 aliphatic heterocycles. The van der Waals surface area contributed by atoms with Gasteiger partial charge in [-0.3, -0.25) is 9.59 Å². The van der Waals surface area contributed by atoms with E-state index in [9.17, 15) is 9.59 Å². The minimum absolute atomic E-state index is 0.172. The monoisotopic (exact) mass is 361 g/mol. The van der Waals surface area contributed by atoms with Gasteiger partial charge in [-0.2, -0.15) is 0 Å². The minimum atomic E-state index is -0.865. The number of thiophene rings is 1. The van der Waals surface area contributed by atoms with Gasteiger partial charge in [-0.1, -0.05) is 12.1 Å². The number of nitrogens with one attached hydrogen (secondary N) is 1. The topological polar surface area (TPSA) is 75.6 Å². The highest BCUT2D eigenvalue weighted by Crippen LogP contribution is 2.32. The molecule has 1 heterocycles. The molecule has 0 aliphatic carbocycles. The average molecular weight is 361 g/mol. The molecule has 0 bridgehead atoms. The van der Waals surface area contributed by atoms with Gasteiger partial charge < -0.3 is 15.2 Å². The van der Waals surface area contributed by atoms with Gasteiger partial charge in [0.1, 0.15) is 5.75 Å². The molecule has 2 rings (SSSR count). The third-order valence-corrected chi connectivity index (χ3v) is 5.21. The Hall–Kier alpha value is -2.34. The van der Waals surface area contributed by atoms with Crippen LogP contribution >= 0.6 is 11.3 Å². The van der Waals surface area contributed by atoms with Crippen LogP contribution in [0.4, 0.5) is 0 Å². The molecule has 0 unspecified atom stereocenters. The lowest BCUT2D eigenvalue weighted by molar-refractivity contribution is -0.147. The van der Waals surface area contributed by atoms with Crippen molar-refractivity contribution in [3.8, 4) is 16.9 Å². The molecule has 1 aromatic carbocycles. The van der Waals surface area contributed by atoms with Crippen LogP contribution in [0.25, 0.3) is 11.1 Å². The van der Waals surface area contributed by atoms with E-state index in [0.717, 1.165) is 21.8 Å². The molecule has 0 aliphatic rings. The highest BCUT2D eigenvalue weighted by Gasteiger charge is 2.26. The number of carbonyl (C=O) groups excluding carboxylic acids is 1. The molecule has 0 saturated carbocycles. The largest absolute Gasteiger partial charge is 0.497 e. The van der Waals surface area contributed by atoms with Crippen molar-refractivity contribution in [1.29, 1.82) is 0 Å². The van der Waals surface area contributed by atoms with E-state index in [0.29, 0.717) is 17.8 Å². The molecule has 0 saturated heterocycles. The van der Waals surface area contributed by atoms with E-state index in [4.69, 9.17) is 9.84 Å². The molecule has 0 atom stereocenters. The Balaban J connectivity index is 2.05. The number of aryl methyl sites for hydroxylation is 1. The number of carboxylic acids is 1. The first-order valence-electron chi connectivity index (χ1n) is 8.01. The Kier molecular flexibility index (Phi) is 5.85. The van der Waals surface area contributed by atoms with Gasteiger partial charge in [0.25, 0.3) is 5.91 Å². The molecule has 134 valence electrons. The fourth-order valence-electron chi connectivity index (χ4n) is 2.33. The number of carbonyl (C=O) groups is 2. The Labute approximate surface area is 151 Å². The van der Waals surface area contributed by atoms with Crippen molar-refractivity contribution >= 4 is 23.2 Å². The highest BCUT2D eigenvalue weighted by molar-refractivity contribution is 7.14. The third kappa shape index (κ3) is 4.60. The van der Waals surface area contributed by atoms with Crippen LogP contribution in [0.2, 0.25) is 0 Å². The third-order valence-electron chi connectivity index (χ3n) is 4.16. The van der Waals surface area contributed by atoms with Gasteiger partial charge in [0.2, 0.25) is 0 Å².